The molecule has 2 atom stereocenters. The number of nitrogens with zero attached hydrogens (tertiary/aromatic N) is 4. The summed E-state index contributed by atoms with van der Waals surface area (Å²) in [5.41, 5.74) is 7.60. The number of carbonyl (C=O) groups is 2. The molecule has 2 aliphatic rings. The zero-order chi connectivity index (χ0) is 28.7. The Kier molecular flexibility index (Phi) is 6.84. The third kappa shape index (κ3) is 5.59. The Hall–Kier alpha value is -4.48. The maximum Gasteiger partial charge on any atom is 0.416 e. The van der Waals surface area contributed by atoms with Gasteiger partial charge in [0.05, 0.1) is 5.56 Å². The highest BCUT2D eigenvalue weighted by Gasteiger charge is 2.34. The molecule has 0 radical (unpaired) electrons. The van der Waals surface area contributed by atoms with E-state index in [1.54, 1.807) is 30.5 Å². The molecular weight excluding hydrogens is 535 g/mol. The van der Waals surface area contributed by atoms with Gasteiger partial charge in [0.1, 0.15) is 28.7 Å². The minimum atomic E-state index is -4.55. The van der Waals surface area contributed by atoms with Crippen molar-refractivity contribution in [2.24, 2.45) is 5.92 Å². The lowest BCUT2D eigenvalue weighted by Gasteiger charge is -2.29. The minimum absolute atomic E-state index is 0.0981. The first kappa shape index (κ1) is 26.7. The fourth-order valence-corrected chi connectivity index (χ4v) is 5.44. The van der Waals surface area contributed by atoms with Crippen molar-refractivity contribution in [2.75, 3.05) is 11.1 Å². The van der Waals surface area contributed by atoms with E-state index in [1.165, 1.54) is 0 Å². The summed E-state index contributed by atoms with van der Waals surface area (Å²) in [7, 11) is 0. The Balaban J connectivity index is 1.24. The molecule has 2 amide bonds. The molecule has 4 N–H and O–H groups in total. The molecular formula is C29H28F3N7O2. The molecule has 212 valence electrons. The molecule has 3 heterocycles. The lowest BCUT2D eigenvalue weighted by molar-refractivity contribution is -0.137. The predicted octanol–water partition coefficient (Wildman–Crippen LogP) is 5.20. The molecule has 0 bridgehead atoms. The molecule has 0 unspecified atom stereocenters. The van der Waals surface area contributed by atoms with Gasteiger partial charge in [-0.2, -0.15) is 13.2 Å². The van der Waals surface area contributed by atoms with Gasteiger partial charge in [-0.3, -0.25) is 14.0 Å². The van der Waals surface area contributed by atoms with Crippen LogP contribution in [-0.4, -0.2) is 37.2 Å². The summed E-state index contributed by atoms with van der Waals surface area (Å²) in [6.07, 6.45) is 5.45. The summed E-state index contributed by atoms with van der Waals surface area (Å²) in [5.74, 6) is 0.775. The number of nitrogens with one attached hydrogen (secondary N) is 2. The molecule has 0 saturated heterocycles. The van der Waals surface area contributed by atoms with Crippen LogP contribution in [0.4, 0.5) is 24.8 Å². The van der Waals surface area contributed by atoms with E-state index in [-0.39, 0.29) is 35.2 Å². The first-order valence-corrected chi connectivity index (χ1v) is 13.5. The van der Waals surface area contributed by atoms with E-state index in [4.69, 9.17) is 10.7 Å². The first-order chi connectivity index (χ1) is 19.7. The highest BCUT2D eigenvalue weighted by atomic mass is 19.4. The molecule has 1 aromatic carbocycles. The van der Waals surface area contributed by atoms with E-state index in [0.717, 1.165) is 62.7 Å². The standard InChI is InChI=1S/C29H28F3N7O2/c30-29(31,32)20-10-11-34-22(15-20)37-28(41)18-6-4-16(5-7-18)23-24-25(33)35-12-13-39(24)26(38-23)19-2-1-3-21(14-19)36-27(40)17-8-9-17/h4-7,10-13,15,17,19,21H,1-3,8-9,14H2,(H2,33,35)(H,36,40)(H,34,37,41)/t19-,21-/m1/s1. The SMILES string of the molecule is Nc1nccn2c([C@@H]3CCC[C@@H](NC(=O)C4CC4)C3)nc(-c3ccc(C(=O)Nc4cc(C(F)(F)F)ccn4)cc3)c12. The van der Waals surface area contributed by atoms with Crippen molar-refractivity contribution < 1.29 is 22.8 Å². The van der Waals surface area contributed by atoms with Gasteiger partial charge in [0.2, 0.25) is 5.91 Å². The Labute approximate surface area is 233 Å². The van der Waals surface area contributed by atoms with Crippen LogP contribution in [0.5, 0.6) is 0 Å². The van der Waals surface area contributed by atoms with Crippen molar-refractivity contribution in [3.05, 3.63) is 71.9 Å². The van der Waals surface area contributed by atoms with E-state index < -0.39 is 17.6 Å². The summed E-state index contributed by atoms with van der Waals surface area (Å²) >= 11 is 0. The van der Waals surface area contributed by atoms with Crippen molar-refractivity contribution in [1.29, 1.82) is 0 Å². The highest BCUT2D eigenvalue weighted by molar-refractivity contribution is 6.04. The van der Waals surface area contributed by atoms with Crippen LogP contribution in [0.15, 0.2) is 55.0 Å². The van der Waals surface area contributed by atoms with E-state index in [9.17, 15) is 22.8 Å². The summed E-state index contributed by atoms with van der Waals surface area (Å²) in [5, 5.41) is 5.63. The second-order valence-corrected chi connectivity index (χ2v) is 10.7. The molecule has 3 aromatic heterocycles. The number of benzene rings is 1. The average molecular weight is 564 g/mol. The number of rotatable bonds is 6. The zero-order valence-electron chi connectivity index (χ0n) is 22.0. The Bertz CT molecular complexity index is 1610. The monoisotopic (exact) mass is 563 g/mol. The molecule has 0 aliphatic heterocycles. The fourth-order valence-electron chi connectivity index (χ4n) is 5.44. The summed E-state index contributed by atoms with van der Waals surface area (Å²) < 4.78 is 41.0. The molecule has 4 aromatic rings. The van der Waals surface area contributed by atoms with Crippen LogP contribution in [0.3, 0.4) is 0 Å². The molecule has 2 aliphatic carbocycles. The van der Waals surface area contributed by atoms with Gasteiger partial charge in [0.15, 0.2) is 0 Å². The molecule has 6 rings (SSSR count). The normalized spacial score (nSPS) is 19.2. The van der Waals surface area contributed by atoms with E-state index in [0.29, 0.717) is 22.6 Å². The summed E-state index contributed by atoms with van der Waals surface area (Å²) in [4.78, 5) is 38.2. The Morgan fingerprint density at radius 3 is 2.51 bits per heavy atom. The van der Waals surface area contributed by atoms with Crippen LogP contribution in [-0.2, 0) is 11.0 Å². The molecule has 2 saturated carbocycles. The van der Waals surface area contributed by atoms with Gasteiger partial charge in [-0.15, -0.1) is 0 Å². The average Bonchev–Trinajstić information content (AvgIpc) is 3.74. The van der Waals surface area contributed by atoms with Gasteiger partial charge in [-0.05, 0) is 56.4 Å². The van der Waals surface area contributed by atoms with E-state index >= 15 is 0 Å². The van der Waals surface area contributed by atoms with Gasteiger partial charge in [-0.1, -0.05) is 18.6 Å². The third-order valence-corrected chi connectivity index (χ3v) is 7.69. The number of nitrogens with two attached hydrogens (primary N) is 1. The maximum atomic E-state index is 13.0. The second kappa shape index (κ2) is 10.5. The number of halogens is 3. The van der Waals surface area contributed by atoms with E-state index in [2.05, 4.69) is 20.6 Å². The molecule has 2 fully saturated rings. The minimum Gasteiger partial charge on any atom is -0.382 e. The van der Waals surface area contributed by atoms with E-state index in [1.807, 2.05) is 10.6 Å². The van der Waals surface area contributed by atoms with Crippen molar-refractivity contribution in [1.82, 2.24) is 24.7 Å². The van der Waals surface area contributed by atoms with Crippen molar-refractivity contribution in [3.8, 4) is 11.3 Å². The van der Waals surface area contributed by atoms with Crippen LogP contribution in [0.1, 0.15) is 66.2 Å². The number of aromatic nitrogens is 4. The number of hydrogen-bond acceptors (Lipinski definition) is 6. The Morgan fingerprint density at radius 2 is 1.78 bits per heavy atom. The number of imidazole rings is 1. The number of alkyl halides is 3. The number of pyridine rings is 1. The molecule has 12 heteroatoms. The largest absolute Gasteiger partial charge is 0.416 e. The number of hydrogen-bond donors (Lipinski definition) is 3. The molecule has 0 spiro atoms. The number of amides is 2. The zero-order valence-corrected chi connectivity index (χ0v) is 22.0. The van der Waals surface area contributed by atoms with Crippen molar-refractivity contribution >= 4 is 29.0 Å². The highest BCUT2D eigenvalue weighted by Crippen LogP contribution is 2.38. The summed E-state index contributed by atoms with van der Waals surface area (Å²) in [6.45, 7) is 0. The van der Waals surface area contributed by atoms with Crippen LogP contribution in [0.2, 0.25) is 0 Å². The maximum absolute atomic E-state index is 13.0. The van der Waals surface area contributed by atoms with Gasteiger partial charge in [-0.25, -0.2) is 15.0 Å². The Morgan fingerprint density at radius 1 is 1.00 bits per heavy atom. The lowest BCUT2D eigenvalue weighted by atomic mass is 9.85. The summed E-state index contributed by atoms with van der Waals surface area (Å²) in [6, 6.07) is 8.29. The number of fused-ring (bicyclic) bond motifs is 1. The van der Waals surface area contributed by atoms with Crippen molar-refractivity contribution in [3.63, 3.8) is 0 Å². The smallest absolute Gasteiger partial charge is 0.382 e. The number of nitrogen functional groups attached to an aromatic ring is 1. The predicted molar refractivity (Wildman–Crippen MR) is 146 cm³/mol. The molecule has 9 nitrogen and oxygen atoms in total. The van der Waals surface area contributed by atoms with Crippen LogP contribution in [0, 0.1) is 5.92 Å². The second-order valence-electron chi connectivity index (χ2n) is 10.7. The lowest BCUT2D eigenvalue weighted by Crippen LogP contribution is -2.39. The fraction of sp³-hybridized carbons (Fsp3) is 0.345. The van der Waals surface area contributed by atoms with Crippen LogP contribution >= 0.6 is 0 Å². The quantitative estimate of drug-likeness (QED) is 0.296. The van der Waals surface area contributed by atoms with Gasteiger partial charge >= 0.3 is 6.18 Å². The van der Waals surface area contributed by atoms with Crippen molar-refractivity contribution in [2.45, 2.75) is 56.7 Å². The van der Waals surface area contributed by atoms with Crippen LogP contribution in [0.25, 0.3) is 16.8 Å². The molecule has 41 heavy (non-hydrogen) atoms. The number of carbonyl (C=O) groups excluding carboxylic acids is 2. The van der Waals surface area contributed by atoms with Crippen LogP contribution < -0.4 is 16.4 Å². The first-order valence-electron chi connectivity index (χ1n) is 13.5. The van der Waals surface area contributed by atoms with Gasteiger partial charge in [0.25, 0.3) is 5.91 Å². The topological polar surface area (TPSA) is 127 Å². The van der Waals surface area contributed by atoms with Gasteiger partial charge in [0, 0.05) is 47.6 Å². The third-order valence-electron chi connectivity index (χ3n) is 7.69. The van der Waals surface area contributed by atoms with Gasteiger partial charge < -0.3 is 16.4 Å². The number of anilines is 2.